The van der Waals surface area contributed by atoms with Gasteiger partial charge in [0.2, 0.25) is 5.91 Å². The van der Waals surface area contributed by atoms with Gasteiger partial charge in [0, 0.05) is 35.4 Å². The van der Waals surface area contributed by atoms with Gasteiger partial charge in [-0.3, -0.25) is 13.9 Å². The maximum atomic E-state index is 13.1. The highest BCUT2D eigenvalue weighted by molar-refractivity contribution is 7.92. The summed E-state index contributed by atoms with van der Waals surface area (Å²) in [5, 5.41) is 5.93. The smallest absolute Gasteiger partial charge is 0.264 e. The molecule has 2 N–H and O–H groups in total. The molecule has 9 heteroatoms. The fourth-order valence-electron chi connectivity index (χ4n) is 3.58. The van der Waals surface area contributed by atoms with E-state index in [2.05, 4.69) is 10.6 Å². The molecule has 3 aromatic carbocycles. The van der Waals surface area contributed by atoms with Gasteiger partial charge in [0.1, 0.15) is 0 Å². The first-order chi connectivity index (χ1) is 15.2. The van der Waals surface area contributed by atoms with E-state index in [0.717, 1.165) is 5.56 Å². The molecule has 1 heterocycles. The van der Waals surface area contributed by atoms with E-state index < -0.39 is 10.0 Å². The minimum absolute atomic E-state index is 0.163. The number of anilines is 3. The van der Waals surface area contributed by atoms with Crippen LogP contribution >= 0.6 is 11.6 Å². The number of hydrogen-bond donors (Lipinski definition) is 2. The van der Waals surface area contributed by atoms with E-state index >= 15 is 0 Å². The van der Waals surface area contributed by atoms with Crippen molar-refractivity contribution in [3.63, 3.8) is 0 Å². The van der Waals surface area contributed by atoms with Crippen molar-refractivity contribution in [1.29, 1.82) is 0 Å². The number of rotatable bonds is 5. The predicted molar refractivity (Wildman–Crippen MR) is 125 cm³/mol. The topological polar surface area (TPSA) is 95.6 Å². The number of carbonyl (C=O) groups excluding carboxylic acids is 2. The van der Waals surface area contributed by atoms with Gasteiger partial charge < -0.3 is 10.6 Å². The van der Waals surface area contributed by atoms with E-state index in [9.17, 15) is 18.0 Å². The molecule has 0 saturated carbocycles. The summed E-state index contributed by atoms with van der Waals surface area (Å²) in [4.78, 5) is 24.1. The fourth-order valence-corrected chi connectivity index (χ4v) is 5.21. The van der Waals surface area contributed by atoms with Crippen molar-refractivity contribution in [3.05, 3.63) is 82.9 Å². The van der Waals surface area contributed by atoms with Crippen LogP contribution in [0.1, 0.15) is 22.8 Å². The summed E-state index contributed by atoms with van der Waals surface area (Å²) in [6, 6.07) is 17.8. The third-order valence-corrected chi connectivity index (χ3v) is 7.12. The lowest BCUT2D eigenvalue weighted by Crippen LogP contribution is -2.29. The van der Waals surface area contributed by atoms with Crippen LogP contribution in [0.2, 0.25) is 5.02 Å². The summed E-state index contributed by atoms with van der Waals surface area (Å²) in [6.45, 7) is 1.70. The molecule has 0 atom stereocenters. The van der Waals surface area contributed by atoms with Gasteiger partial charge in [-0.15, -0.1) is 0 Å². The maximum Gasteiger partial charge on any atom is 0.264 e. The fraction of sp³-hybridized carbons (Fsp3) is 0.130. The Bertz CT molecular complexity index is 1310. The molecule has 0 fully saturated rings. The summed E-state index contributed by atoms with van der Waals surface area (Å²) >= 11 is 5.87. The largest absolute Gasteiger partial charge is 0.326 e. The Morgan fingerprint density at radius 3 is 2.31 bits per heavy atom. The molecule has 32 heavy (non-hydrogen) atoms. The van der Waals surface area contributed by atoms with Crippen LogP contribution in [0.3, 0.4) is 0 Å². The van der Waals surface area contributed by atoms with Crippen LogP contribution in [0, 0.1) is 0 Å². The Morgan fingerprint density at radius 1 is 0.938 bits per heavy atom. The first kappa shape index (κ1) is 21.9. The number of sulfonamides is 1. The van der Waals surface area contributed by atoms with Gasteiger partial charge in [0.05, 0.1) is 10.6 Å². The third-order valence-electron chi connectivity index (χ3n) is 5.04. The lowest BCUT2D eigenvalue weighted by molar-refractivity contribution is -0.114. The second-order valence-corrected chi connectivity index (χ2v) is 9.64. The highest BCUT2D eigenvalue weighted by atomic mass is 35.5. The molecular weight excluding hydrogens is 450 g/mol. The summed E-state index contributed by atoms with van der Waals surface area (Å²) in [7, 11) is -3.73. The van der Waals surface area contributed by atoms with Crippen LogP contribution in [0.5, 0.6) is 0 Å². The van der Waals surface area contributed by atoms with Crippen molar-refractivity contribution in [2.24, 2.45) is 0 Å². The zero-order chi connectivity index (χ0) is 22.9. The monoisotopic (exact) mass is 469 g/mol. The molecule has 1 aliphatic heterocycles. The van der Waals surface area contributed by atoms with Gasteiger partial charge >= 0.3 is 0 Å². The first-order valence-corrected chi connectivity index (χ1v) is 11.7. The Morgan fingerprint density at radius 2 is 1.62 bits per heavy atom. The zero-order valence-electron chi connectivity index (χ0n) is 17.1. The molecule has 2 amide bonds. The van der Waals surface area contributed by atoms with Crippen molar-refractivity contribution in [3.8, 4) is 0 Å². The maximum absolute atomic E-state index is 13.1. The van der Waals surface area contributed by atoms with E-state index in [1.165, 1.54) is 23.4 Å². The molecule has 0 radical (unpaired) electrons. The Hall–Kier alpha value is -3.36. The number of hydrogen-bond acceptors (Lipinski definition) is 4. The number of halogens is 1. The number of benzene rings is 3. The van der Waals surface area contributed by atoms with Crippen molar-refractivity contribution >= 4 is 50.5 Å². The van der Waals surface area contributed by atoms with Gasteiger partial charge in [-0.2, -0.15) is 0 Å². The Kier molecular flexibility index (Phi) is 5.90. The standard InChI is InChI=1S/C23H20ClN3O4S/c1-15(28)25-19-3-2-4-20(14-19)26-23(29)17-5-10-22-16(13-17)11-12-27(22)32(30,31)21-8-6-18(24)7-9-21/h2-10,13-14H,11-12H2,1H3,(H,25,28)(H,26,29). The molecule has 7 nitrogen and oxygen atoms in total. The van der Waals surface area contributed by atoms with E-state index in [-0.39, 0.29) is 16.7 Å². The van der Waals surface area contributed by atoms with Gasteiger partial charge in [-0.1, -0.05) is 17.7 Å². The Balaban J connectivity index is 1.54. The average Bonchev–Trinajstić information content (AvgIpc) is 3.18. The van der Waals surface area contributed by atoms with E-state index in [1.54, 1.807) is 54.6 Å². The van der Waals surface area contributed by atoms with Crippen LogP contribution in [0.25, 0.3) is 0 Å². The van der Waals surface area contributed by atoms with Crippen molar-refractivity contribution in [2.75, 3.05) is 21.5 Å². The van der Waals surface area contributed by atoms with Crippen LogP contribution in [-0.2, 0) is 21.2 Å². The van der Waals surface area contributed by atoms with Crippen LogP contribution in [-0.4, -0.2) is 26.8 Å². The van der Waals surface area contributed by atoms with Gasteiger partial charge in [0.25, 0.3) is 15.9 Å². The minimum atomic E-state index is -3.73. The minimum Gasteiger partial charge on any atom is -0.326 e. The number of fused-ring (bicyclic) bond motifs is 1. The summed E-state index contributed by atoms with van der Waals surface area (Å²) in [5.41, 5.74) is 2.87. The molecule has 164 valence electrons. The average molecular weight is 470 g/mol. The van der Waals surface area contributed by atoms with Crippen LogP contribution in [0.15, 0.2) is 71.6 Å². The second kappa shape index (κ2) is 8.64. The molecule has 4 rings (SSSR count). The number of amides is 2. The molecule has 1 aliphatic rings. The molecular formula is C23H20ClN3O4S. The third kappa shape index (κ3) is 4.46. The zero-order valence-corrected chi connectivity index (χ0v) is 18.7. The van der Waals surface area contributed by atoms with Crippen LogP contribution < -0.4 is 14.9 Å². The normalized spacial score (nSPS) is 12.9. The number of nitrogens with zero attached hydrogens (tertiary/aromatic N) is 1. The second-order valence-electron chi connectivity index (χ2n) is 7.34. The van der Waals surface area contributed by atoms with Crippen molar-refractivity contribution in [1.82, 2.24) is 0 Å². The predicted octanol–water partition coefficient (Wildman–Crippen LogP) is 4.30. The molecule has 0 spiro atoms. The number of carbonyl (C=O) groups is 2. The quantitative estimate of drug-likeness (QED) is 0.582. The summed E-state index contributed by atoms with van der Waals surface area (Å²) < 4.78 is 27.5. The van der Waals surface area contributed by atoms with Crippen LogP contribution in [0.4, 0.5) is 17.1 Å². The highest BCUT2D eigenvalue weighted by Crippen LogP contribution is 2.34. The SMILES string of the molecule is CC(=O)Nc1cccc(NC(=O)c2ccc3c(c2)CCN3S(=O)(=O)c2ccc(Cl)cc2)c1. The number of nitrogens with one attached hydrogen (secondary N) is 2. The van der Waals surface area contributed by atoms with Crippen molar-refractivity contribution < 1.29 is 18.0 Å². The lowest BCUT2D eigenvalue weighted by atomic mass is 10.1. The van der Waals surface area contributed by atoms with E-state index in [0.29, 0.717) is 40.6 Å². The molecule has 3 aromatic rings. The van der Waals surface area contributed by atoms with Gasteiger partial charge in [0.15, 0.2) is 0 Å². The van der Waals surface area contributed by atoms with E-state index in [1.807, 2.05) is 0 Å². The molecule has 0 aromatic heterocycles. The summed E-state index contributed by atoms with van der Waals surface area (Å²) in [6.07, 6.45) is 0.501. The summed E-state index contributed by atoms with van der Waals surface area (Å²) in [5.74, 6) is -0.531. The van der Waals surface area contributed by atoms with Crippen molar-refractivity contribution in [2.45, 2.75) is 18.2 Å². The highest BCUT2D eigenvalue weighted by Gasteiger charge is 2.31. The first-order valence-electron chi connectivity index (χ1n) is 9.84. The molecule has 0 aliphatic carbocycles. The van der Waals surface area contributed by atoms with Gasteiger partial charge in [-0.05, 0) is 72.6 Å². The Labute approximate surface area is 191 Å². The molecule has 0 bridgehead atoms. The lowest BCUT2D eigenvalue weighted by Gasteiger charge is -2.19. The molecule has 0 saturated heterocycles. The van der Waals surface area contributed by atoms with Gasteiger partial charge in [-0.25, -0.2) is 8.42 Å². The van der Waals surface area contributed by atoms with E-state index in [4.69, 9.17) is 11.6 Å². The molecule has 0 unspecified atom stereocenters.